The molecule has 27 heavy (non-hydrogen) atoms. The zero-order valence-corrected chi connectivity index (χ0v) is 15.9. The highest BCUT2D eigenvalue weighted by Gasteiger charge is 2.58. The topological polar surface area (TPSA) is 99.1 Å². The summed E-state index contributed by atoms with van der Waals surface area (Å²) >= 11 is 0. The van der Waals surface area contributed by atoms with Gasteiger partial charge in [0.05, 0.1) is 5.92 Å². The predicted molar refractivity (Wildman–Crippen MR) is 94.2 cm³/mol. The van der Waals surface area contributed by atoms with Crippen molar-refractivity contribution in [2.75, 3.05) is 0 Å². The molecule has 2 fully saturated rings. The number of aliphatic hydroxyl groups excluding tert-OH is 1. The molecule has 0 aromatic rings. The van der Waals surface area contributed by atoms with E-state index in [1.165, 1.54) is 13.0 Å². The molecule has 0 saturated carbocycles. The molecule has 3 aliphatic rings. The lowest BCUT2D eigenvalue weighted by molar-refractivity contribution is -0.176. The molecular formula is C20H24O7. The fraction of sp³-hybridized carbons (Fsp3) is 0.550. The van der Waals surface area contributed by atoms with E-state index in [4.69, 9.17) is 14.2 Å². The zero-order valence-electron chi connectivity index (χ0n) is 15.9. The largest absolute Gasteiger partial charge is 0.480 e. The number of hydrogen-bond donors (Lipinski definition) is 1. The smallest absolute Gasteiger partial charge is 0.334 e. The van der Waals surface area contributed by atoms with Crippen LogP contribution in [0.3, 0.4) is 0 Å². The summed E-state index contributed by atoms with van der Waals surface area (Å²) in [7, 11) is 0. The Labute approximate surface area is 157 Å². The maximum atomic E-state index is 12.6. The third kappa shape index (κ3) is 3.00. The summed E-state index contributed by atoms with van der Waals surface area (Å²) in [6.45, 7) is 10.3. The fourth-order valence-corrected chi connectivity index (χ4v) is 3.74. The zero-order chi connectivity index (χ0) is 20.1. The number of aliphatic hydroxyl groups is 1. The standard InChI is InChI=1S/C20H24O7/c1-6-9(2)18(23)26-16-15-11(4)19(24)25-13(15)7-10(3)12-8-14(21)20(5,27-12)17(16)22/h6,8,10,13,15-17,22H,4,7H2,1-3,5H3/b9-6+/t10-,13?,15-,16-,17+,20-/m0/s1. The number of ether oxygens (including phenoxy) is 3. The highest BCUT2D eigenvalue weighted by molar-refractivity contribution is 6.00. The van der Waals surface area contributed by atoms with Gasteiger partial charge >= 0.3 is 11.9 Å². The Morgan fingerprint density at radius 2 is 2.11 bits per heavy atom. The molecule has 0 spiro atoms. The molecule has 0 radical (unpaired) electrons. The van der Waals surface area contributed by atoms with Crippen molar-refractivity contribution in [3.63, 3.8) is 0 Å². The van der Waals surface area contributed by atoms with Crippen LogP contribution < -0.4 is 0 Å². The Balaban J connectivity index is 2.08. The number of carbonyl (C=O) groups excluding carboxylic acids is 3. The number of esters is 2. The van der Waals surface area contributed by atoms with Crippen LogP contribution in [-0.2, 0) is 28.6 Å². The minimum Gasteiger partial charge on any atom is -0.480 e. The molecule has 0 amide bonds. The van der Waals surface area contributed by atoms with Crippen LogP contribution in [0.2, 0.25) is 0 Å². The van der Waals surface area contributed by atoms with Crippen LogP contribution in [0.1, 0.15) is 34.1 Å². The van der Waals surface area contributed by atoms with E-state index in [1.807, 2.05) is 6.92 Å². The molecule has 2 saturated heterocycles. The van der Waals surface area contributed by atoms with E-state index >= 15 is 0 Å². The summed E-state index contributed by atoms with van der Waals surface area (Å²) in [5, 5.41) is 11.1. The summed E-state index contributed by atoms with van der Waals surface area (Å²) in [6.07, 6.45) is -0.0718. The van der Waals surface area contributed by atoms with Gasteiger partial charge in [-0.05, 0) is 27.2 Å². The minimum absolute atomic E-state index is 0.116. The first-order valence-corrected chi connectivity index (χ1v) is 8.97. The van der Waals surface area contributed by atoms with Crippen LogP contribution >= 0.6 is 0 Å². The van der Waals surface area contributed by atoms with E-state index in [9.17, 15) is 19.5 Å². The van der Waals surface area contributed by atoms with Gasteiger partial charge in [0.2, 0.25) is 5.78 Å². The average Bonchev–Trinajstić information content (AvgIpc) is 3.08. The molecule has 6 atom stereocenters. The van der Waals surface area contributed by atoms with Crippen LogP contribution in [0.15, 0.2) is 35.6 Å². The Morgan fingerprint density at radius 3 is 2.74 bits per heavy atom. The van der Waals surface area contributed by atoms with Crippen molar-refractivity contribution in [2.24, 2.45) is 11.8 Å². The van der Waals surface area contributed by atoms with Crippen molar-refractivity contribution in [1.29, 1.82) is 0 Å². The summed E-state index contributed by atoms with van der Waals surface area (Å²) in [5.74, 6) is -2.22. The maximum absolute atomic E-state index is 12.6. The second kappa shape index (κ2) is 6.64. The van der Waals surface area contributed by atoms with Gasteiger partial charge in [-0.25, -0.2) is 9.59 Å². The maximum Gasteiger partial charge on any atom is 0.334 e. The van der Waals surface area contributed by atoms with E-state index in [0.717, 1.165) is 0 Å². The van der Waals surface area contributed by atoms with Gasteiger partial charge in [0.1, 0.15) is 24.1 Å². The lowest BCUT2D eigenvalue weighted by Gasteiger charge is -2.36. The number of rotatable bonds is 2. The van der Waals surface area contributed by atoms with Crippen LogP contribution in [0.5, 0.6) is 0 Å². The molecule has 2 bridgehead atoms. The summed E-state index contributed by atoms with van der Waals surface area (Å²) < 4.78 is 16.8. The molecule has 0 aromatic carbocycles. The number of hydrogen-bond acceptors (Lipinski definition) is 7. The molecule has 3 heterocycles. The summed E-state index contributed by atoms with van der Waals surface area (Å²) in [4.78, 5) is 37.1. The molecule has 3 aliphatic heterocycles. The lowest BCUT2D eigenvalue weighted by Crippen LogP contribution is -2.55. The molecule has 7 nitrogen and oxygen atoms in total. The molecule has 0 aromatic heterocycles. The van der Waals surface area contributed by atoms with E-state index in [0.29, 0.717) is 17.8 Å². The van der Waals surface area contributed by atoms with Crippen LogP contribution in [-0.4, -0.2) is 46.7 Å². The van der Waals surface area contributed by atoms with Gasteiger partial charge in [-0.2, -0.15) is 0 Å². The third-order valence-electron chi connectivity index (χ3n) is 5.72. The number of fused-ring (bicyclic) bond motifs is 3. The molecular weight excluding hydrogens is 352 g/mol. The van der Waals surface area contributed by atoms with Crippen molar-refractivity contribution >= 4 is 17.7 Å². The van der Waals surface area contributed by atoms with Gasteiger partial charge in [0, 0.05) is 23.1 Å². The predicted octanol–water partition coefficient (Wildman–Crippen LogP) is 1.60. The average molecular weight is 376 g/mol. The minimum atomic E-state index is -1.61. The van der Waals surface area contributed by atoms with Gasteiger partial charge in [-0.1, -0.05) is 19.6 Å². The number of carbonyl (C=O) groups is 3. The Hall–Kier alpha value is -2.41. The molecule has 0 aliphatic carbocycles. The van der Waals surface area contributed by atoms with Gasteiger partial charge in [-0.3, -0.25) is 4.79 Å². The van der Waals surface area contributed by atoms with Gasteiger partial charge in [0.25, 0.3) is 0 Å². The lowest BCUT2D eigenvalue weighted by atomic mass is 9.78. The van der Waals surface area contributed by atoms with Crippen LogP contribution in [0.25, 0.3) is 0 Å². The first kappa shape index (κ1) is 19.4. The monoisotopic (exact) mass is 376 g/mol. The van der Waals surface area contributed by atoms with Crippen molar-refractivity contribution in [2.45, 2.75) is 58.0 Å². The summed E-state index contributed by atoms with van der Waals surface area (Å²) in [6, 6.07) is 0. The van der Waals surface area contributed by atoms with Crippen LogP contribution in [0, 0.1) is 11.8 Å². The molecule has 1 N–H and O–H groups in total. The normalized spacial score (nSPS) is 38.9. The van der Waals surface area contributed by atoms with Gasteiger partial charge < -0.3 is 19.3 Å². The van der Waals surface area contributed by atoms with E-state index in [2.05, 4.69) is 6.58 Å². The first-order chi connectivity index (χ1) is 12.6. The summed E-state index contributed by atoms with van der Waals surface area (Å²) in [5.41, 5.74) is -1.16. The van der Waals surface area contributed by atoms with Crippen molar-refractivity contribution in [3.05, 3.63) is 35.6 Å². The van der Waals surface area contributed by atoms with Crippen molar-refractivity contribution in [1.82, 2.24) is 0 Å². The fourth-order valence-electron chi connectivity index (χ4n) is 3.74. The number of allylic oxidation sites excluding steroid dienone is 2. The first-order valence-electron chi connectivity index (χ1n) is 8.97. The Morgan fingerprint density at radius 1 is 1.44 bits per heavy atom. The van der Waals surface area contributed by atoms with Gasteiger partial charge in [-0.15, -0.1) is 0 Å². The Bertz CT molecular complexity index is 777. The van der Waals surface area contributed by atoms with E-state index in [1.54, 1.807) is 19.9 Å². The second-order valence-electron chi connectivity index (χ2n) is 7.54. The highest BCUT2D eigenvalue weighted by Crippen LogP contribution is 2.44. The van der Waals surface area contributed by atoms with Crippen molar-refractivity contribution < 1.29 is 33.7 Å². The van der Waals surface area contributed by atoms with Crippen molar-refractivity contribution in [3.8, 4) is 0 Å². The molecule has 7 heteroatoms. The second-order valence-corrected chi connectivity index (χ2v) is 7.54. The highest BCUT2D eigenvalue weighted by atomic mass is 16.6. The molecule has 3 rings (SSSR count). The Kier molecular flexibility index (Phi) is 4.76. The van der Waals surface area contributed by atoms with Crippen LogP contribution in [0.4, 0.5) is 0 Å². The quantitative estimate of drug-likeness (QED) is 0.577. The molecule has 146 valence electrons. The van der Waals surface area contributed by atoms with E-state index < -0.39 is 47.6 Å². The third-order valence-corrected chi connectivity index (χ3v) is 5.72. The molecule has 1 unspecified atom stereocenters. The van der Waals surface area contributed by atoms with E-state index in [-0.39, 0.29) is 11.5 Å². The SMILES string of the molecule is C=C1C(=O)OC2C[C@H](C)C3=CC(=O)[C@](C)(O3)[C@H](O)[C@@H](OC(=O)/C(C)=C/C)[C@@H]12. The number of ketones is 1. The van der Waals surface area contributed by atoms with Gasteiger partial charge in [0.15, 0.2) is 5.60 Å².